The molecule has 1 fully saturated rings. The Bertz CT molecular complexity index is 1030. The number of sulfonamides is 1. The number of nitrogens with zero attached hydrogens (tertiary/aromatic N) is 4. The average molecular weight is 491 g/mol. The number of amides is 1. The van der Waals surface area contributed by atoms with E-state index in [0.717, 1.165) is 5.56 Å². The van der Waals surface area contributed by atoms with Crippen molar-refractivity contribution >= 4 is 16.4 Å². The van der Waals surface area contributed by atoms with Crippen molar-refractivity contribution in [3.8, 4) is 0 Å². The predicted octanol–water partition coefficient (Wildman–Crippen LogP) is 2.64. The topological polar surface area (TPSA) is 113 Å². The lowest BCUT2D eigenvalue weighted by atomic mass is 10.1. The first kappa shape index (κ1) is 26.2. The number of aromatic nitrogens is 2. The summed E-state index contributed by atoms with van der Waals surface area (Å²) >= 11 is 0. The van der Waals surface area contributed by atoms with Crippen molar-refractivity contribution in [1.82, 2.24) is 19.3 Å². The van der Waals surface area contributed by atoms with E-state index < -0.39 is 16.1 Å². The highest BCUT2D eigenvalue weighted by molar-refractivity contribution is 7.89. The van der Waals surface area contributed by atoms with Crippen LogP contribution in [0.2, 0.25) is 0 Å². The summed E-state index contributed by atoms with van der Waals surface area (Å²) in [6.07, 6.45) is 6.16. The summed E-state index contributed by atoms with van der Waals surface area (Å²) in [7, 11) is -3.65. The van der Waals surface area contributed by atoms with Crippen LogP contribution in [-0.2, 0) is 32.6 Å². The van der Waals surface area contributed by atoms with E-state index in [1.165, 1.54) is 15.4 Å². The molecular weight excluding hydrogens is 456 g/mol. The molecule has 1 aromatic heterocycles. The molecular formula is C24H34N4O5S. The van der Waals surface area contributed by atoms with Gasteiger partial charge in [0.25, 0.3) is 0 Å². The molecule has 0 bridgehead atoms. The van der Waals surface area contributed by atoms with E-state index in [2.05, 4.69) is 35.1 Å². The van der Waals surface area contributed by atoms with Crippen LogP contribution in [0.4, 0.5) is 0 Å². The highest BCUT2D eigenvalue weighted by Crippen LogP contribution is 2.21. The molecule has 1 atom stereocenters. The van der Waals surface area contributed by atoms with Crippen LogP contribution in [0.25, 0.3) is 0 Å². The lowest BCUT2D eigenvalue weighted by Gasteiger charge is -2.33. The fourth-order valence-corrected chi connectivity index (χ4v) is 5.91. The Morgan fingerprint density at radius 3 is 2.62 bits per heavy atom. The molecule has 186 valence electrons. The SMILES string of the molecule is Cc1ccc(C)c(COC2CCN(S(=O)(=O)CC(CCCc3ncccn3)N(O)C=O)CC2)c1. The number of piperidine rings is 1. The summed E-state index contributed by atoms with van der Waals surface area (Å²) in [4.78, 5) is 19.4. The molecule has 0 saturated carbocycles. The van der Waals surface area contributed by atoms with Gasteiger partial charge in [-0.15, -0.1) is 0 Å². The quantitative estimate of drug-likeness (QED) is 0.276. The number of ether oxygens (including phenoxy) is 1. The van der Waals surface area contributed by atoms with Crippen LogP contribution in [0, 0.1) is 13.8 Å². The third-order valence-electron chi connectivity index (χ3n) is 6.22. The first-order valence-corrected chi connectivity index (χ1v) is 13.2. The lowest BCUT2D eigenvalue weighted by Crippen LogP contribution is -2.46. The van der Waals surface area contributed by atoms with Gasteiger partial charge in [-0.25, -0.2) is 27.8 Å². The highest BCUT2D eigenvalue weighted by Gasteiger charge is 2.32. The summed E-state index contributed by atoms with van der Waals surface area (Å²) in [5.41, 5.74) is 3.51. The Kier molecular flexibility index (Phi) is 9.52. The van der Waals surface area contributed by atoms with Gasteiger partial charge in [-0.3, -0.25) is 10.0 Å². The summed E-state index contributed by atoms with van der Waals surface area (Å²) in [6.45, 7) is 5.33. The van der Waals surface area contributed by atoms with Crippen molar-refractivity contribution in [2.24, 2.45) is 0 Å². The Balaban J connectivity index is 1.49. The Morgan fingerprint density at radius 2 is 1.94 bits per heavy atom. The number of hydrogen-bond acceptors (Lipinski definition) is 7. The zero-order valence-electron chi connectivity index (χ0n) is 19.8. The van der Waals surface area contributed by atoms with Gasteiger partial charge in [0.05, 0.1) is 24.5 Å². The third kappa shape index (κ3) is 7.56. The second-order valence-corrected chi connectivity index (χ2v) is 10.8. The number of aryl methyl sites for hydroxylation is 3. The van der Waals surface area contributed by atoms with Crippen molar-refractivity contribution in [3.05, 3.63) is 59.2 Å². The number of carbonyl (C=O) groups excluding carboxylic acids is 1. The fourth-order valence-electron chi connectivity index (χ4n) is 4.12. The van der Waals surface area contributed by atoms with E-state index in [0.29, 0.717) is 62.7 Å². The summed E-state index contributed by atoms with van der Waals surface area (Å²) in [6, 6.07) is 7.16. The van der Waals surface area contributed by atoms with Gasteiger partial charge in [-0.1, -0.05) is 23.8 Å². The van der Waals surface area contributed by atoms with E-state index in [4.69, 9.17) is 4.74 Å². The predicted molar refractivity (Wildman–Crippen MR) is 128 cm³/mol. The maximum absolute atomic E-state index is 13.0. The minimum atomic E-state index is -3.65. The summed E-state index contributed by atoms with van der Waals surface area (Å²) in [5, 5.41) is 10.4. The second kappa shape index (κ2) is 12.3. The number of carbonyl (C=O) groups is 1. The minimum absolute atomic E-state index is 0.00246. The van der Waals surface area contributed by atoms with Gasteiger partial charge < -0.3 is 4.74 Å². The van der Waals surface area contributed by atoms with E-state index in [1.807, 2.05) is 6.92 Å². The largest absolute Gasteiger partial charge is 0.373 e. The summed E-state index contributed by atoms with van der Waals surface area (Å²) < 4.78 is 33.6. The van der Waals surface area contributed by atoms with Gasteiger partial charge in [0, 0.05) is 31.9 Å². The van der Waals surface area contributed by atoms with E-state index in [9.17, 15) is 18.4 Å². The van der Waals surface area contributed by atoms with Crippen molar-refractivity contribution in [2.75, 3.05) is 18.8 Å². The van der Waals surface area contributed by atoms with Crippen LogP contribution in [0.3, 0.4) is 0 Å². The Morgan fingerprint density at radius 1 is 1.24 bits per heavy atom. The molecule has 3 rings (SSSR count). The van der Waals surface area contributed by atoms with Crippen molar-refractivity contribution in [1.29, 1.82) is 0 Å². The molecule has 1 N–H and O–H groups in total. The normalized spacial score (nSPS) is 16.3. The molecule has 9 nitrogen and oxygen atoms in total. The molecule has 0 aliphatic carbocycles. The van der Waals surface area contributed by atoms with E-state index in [-0.39, 0.29) is 18.3 Å². The molecule has 1 aliphatic rings. The molecule has 0 spiro atoms. The highest BCUT2D eigenvalue weighted by atomic mass is 32.2. The minimum Gasteiger partial charge on any atom is -0.373 e. The van der Waals surface area contributed by atoms with Crippen LogP contribution in [0.15, 0.2) is 36.7 Å². The van der Waals surface area contributed by atoms with E-state index in [1.54, 1.807) is 18.5 Å². The van der Waals surface area contributed by atoms with E-state index >= 15 is 0 Å². The first-order valence-electron chi connectivity index (χ1n) is 11.6. The molecule has 1 aromatic carbocycles. The maximum Gasteiger partial charge on any atom is 0.233 e. The Hall–Kier alpha value is -2.40. The zero-order chi connectivity index (χ0) is 24.6. The van der Waals surface area contributed by atoms with Crippen molar-refractivity contribution in [2.45, 2.75) is 64.7 Å². The fraction of sp³-hybridized carbons (Fsp3) is 0.542. The molecule has 10 heteroatoms. The van der Waals surface area contributed by atoms with Crippen molar-refractivity contribution in [3.63, 3.8) is 0 Å². The molecule has 34 heavy (non-hydrogen) atoms. The molecule has 1 amide bonds. The summed E-state index contributed by atoms with van der Waals surface area (Å²) in [5.74, 6) is 0.314. The smallest absolute Gasteiger partial charge is 0.233 e. The number of rotatable bonds is 12. The van der Waals surface area contributed by atoms with Gasteiger partial charge in [-0.2, -0.15) is 0 Å². The first-order chi connectivity index (χ1) is 16.3. The van der Waals surface area contributed by atoms with Crippen LogP contribution >= 0.6 is 0 Å². The van der Waals surface area contributed by atoms with Crippen LogP contribution in [-0.4, -0.2) is 70.4 Å². The van der Waals surface area contributed by atoms with Gasteiger partial charge in [0.15, 0.2) is 0 Å². The molecule has 2 aromatic rings. The second-order valence-electron chi connectivity index (χ2n) is 8.81. The van der Waals surface area contributed by atoms with Gasteiger partial charge in [-0.05, 0) is 56.7 Å². The van der Waals surface area contributed by atoms with Crippen molar-refractivity contribution < 1.29 is 23.2 Å². The third-order valence-corrected chi connectivity index (χ3v) is 8.17. The Labute approximate surface area is 201 Å². The van der Waals surface area contributed by atoms with Crippen LogP contribution in [0.5, 0.6) is 0 Å². The number of benzene rings is 1. The van der Waals surface area contributed by atoms with Gasteiger partial charge >= 0.3 is 0 Å². The van der Waals surface area contributed by atoms with Gasteiger partial charge in [0.1, 0.15) is 5.82 Å². The number of hydrogen-bond donors (Lipinski definition) is 1. The molecule has 1 unspecified atom stereocenters. The number of hydroxylamine groups is 2. The standard InChI is InChI=1S/C24H34N4O5S/c1-19-7-8-20(2)21(15-19)16-33-23-9-13-27(14-10-23)34(31,32)17-22(28(30)18-29)5-3-6-24-25-11-4-12-26-24/h4,7-8,11-12,15,18,22-23,30H,3,5-6,9-10,13-14,16-17H2,1-2H3. The van der Waals surface area contributed by atoms with Crippen LogP contribution < -0.4 is 0 Å². The monoisotopic (exact) mass is 490 g/mol. The molecule has 1 saturated heterocycles. The maximum atomic E-state index is 13.0. The molecule has 2 heterocycles. The van der Waals surface area contributed by atoms with Gasteiger partial charge in [0.2, 0.25) is 16.4 Å². The average Bonchev–Trinajstić information content (AvgIpc) is 2.84. The molecule has 1 aliphatic heterocycles. The van der Waals surface area contributed by atoms with Crippen LogP contribution in [0.1, 0.15) is 48.2 Å². The lowest BCUT2D eigenvalue weighted by molar-refractivity contribution is -0.158. The zero-order valence-corrected chi connectivity index (χ0v) is 20.7. The molecule has 0 radical (unpaired) electrons.